The van der Waals surface area contributed by atoms with Crippen LogP contribution in [-0.2, 0) is 4.79 Å². The molecule has 152 valence electrons. The third kappa shape index (κ3) is 6.21. The molecule has 2 aromatic rings. The predicted octanol–water partition coefficient (Wildman–Crippen LogP) is 4.26. The molecule has 1 unspecified atom stereocenters. The van der Waals surface area contributed by atoms with Gasteiger partial charge in [0.15, 0.2) is 11.6 Å². The molecule has 0 aliphatic heterocycles. The number of hydrogen-bond donors (Lipinski definition) is 1. The minimum Gasteiger partial charge on any atom is -0.497 e. The maximum atomic E-state index is 13.3. The van der Waals surface area contributed by atoms with Gasteiger partial charge in [0.25, 0.3) is 0 Å². The number of thioether (sulfide) groups is 1. The highest BCUT2D eigenvalue weighted by Crippen LogP contribution is 2.24. The van der Waals surface area contributed by atoms with Gasteiger partial charge in [-0.3, -0.25) is 9.69 Å². The van der Waals surface area contributed by atoms with Gasteiger partial charge in [0.2, 0.25) is 5.91 Å². The molecule has 0 heterocycles. The lowest BCUT2D eigenvalue weighted by Gasteiger charge is -2.30. The molecule has 4 nitrogen and oxygen atoms in total. The van der Waals surface area contributed by atoms with Gasteiger partial charge in [0.05, 0.1) is 18.9 Å². The van der Waals surface area contributed by atoms with E-state index < -0.39 is 11.6 Å². The van der Waals surface area contributed by atoms with E-state index >= 15 is 0 Å². The van der Waals surface area contributed by atoms with Gasteiger partial charge in [-0.25, -0.2) is 8.78 Å². The van der Waals surface area contributed by atoms with Crippen molar-refractivity contribution in [3.05, 3.63) is 59.7 Å². The predicted molar refractivity (Wildman–Crippen MR) is 109 cm³/mol. The quantitative estimate of drug-likeness (QED) is 0.597. The van der Waals surface area contributed by atoms with E-state index in [2.05, 4.69) is 24.1 Å². The highest BCUT2D eigenvalue weighted by Gasteiger charge is 2.19. The Kier molecular flexibility index (Phi) is 8.73. The van der Waals surface area contributed by atoms with Crippen LogP contribution >= 0.6 is 11.8 Å². The summed E-state index contributed by atoms with van der Waals surface area (Å²) in [6, 6.07) is 11.5. The molecular weight excluding hydrogens is 382 g/mol. The second-order valence-corrected chi connectivity index (χ2v) is 7.23. The average Bonchev–Trinajstić information content (AvgIpc) is 2.72. The third-order valence-electron chi connectivity index (χ3n) is 4.49. The molecule has 1 atom stereocenters. The largest absolute Gasteiger partial charge is 0.497 e. The van der Waals surface area contributed by atoms with E-state index in [1.54, 1.807) is 7.11 Å². The number of nitrogens with zero attached hydrogens (tertiary/aromatic N) is 1. The summed E-state index contributed by atoms with van der Waals surface area (Å²) < 4.78 is 31.6. The second kappa shape index (κ2) is 11.0. The first-order chi connectivity index (χ1) is 13.5. The number of benzene rings is 2. The van der Waals surface area contributed by atoms with E-state index in [0.29, 0.717) is 11.4 Å². The maximum absolute atomic E-state index is 13.3. The Bertz CT molecular complexity index is 785. The molecule has 0 saturated heterocycles. The molecule has 28 heavy (non-hydrogen) atoms. The van der Waals surface area contributed by atoms with Crippen LogP contribution in [0.3, 0.4) is 0 Å². The van der Waals surface area contributed by atoms with E-state index in [4.69, 9.17) is 4.74 Å². The monoisotopic (exact) mass is 408 g/mol. The Balaban J connectivity index is 1.99. The van der Waals surface area contributed by atoms with Crippen LogP contribution in [0.15, 0.2) is 47.4 Å². The Morgan fingerprint density at radius 3 is 2.54 bits per heavy atom. The molecular formula is C21H26F2N2O2S. The van der Waals surface area contributed by atoms with Crippen LogP contribution in [0.2, 0.25) is 0 Å². The lowest BCUT2D eigenvalue weighted by molar-refractivity contribution is -0.118. The Morgan fingerprint density at radius 1 is 1.14 bits per heavy atom. The summed E-state index contributed by atoms with van der Waals surface area (Å²) in [5, 5.41) is 2.95. The van der Waals surface area contributed by atoms with Gasteiger partial charge in [-0.2, -0.15) is 0 Å². The van der Waals surface area contributed by atoms with Crippen molar-refractivity contribution >= 4 is 17.7 Å². The van der Waals surface area contributed by atoms with E-state index in [-0.39, 0.29) is 17.7 Å². The van der Waals surface area contributed by atoms with E-state index in [1.807, 2.05) is 24.3 Å². The molecule has 7 heteroatoms. The minimum atomic E-state index is -0.912. The van der Waals surface area contributed by atoms with E-state index in [9.17, 15) is 13.6 Å². The number of carbonyl (C=O) groups excluding carboxylic acids is 1. The lowest BCUT2D eigenvalue weighted by atomic mass is 10.0. The molecule has 0 bridgehead atoms. The molecule has 1 N–H and O–H groups in total. The summed E-state index contributed by atoms with van der Waals surface area (Å²) in [5.74, 6) is -1.06. The molecule has 0 saturated carbocycles. The van der Waals surface area contributed by atoms with Gasteiger partial charge in [-0.1, -0.05) is 26.0 Å². The third-order valence-corrected chi connectivity index (χ3v) is 5.48. The summed E-state index contributed by atoms with van der Waals surface area (Å²) in [7, 11) is 1.63. The molecule has 0 aliphatic carbocycles. The molecule has 2 aromatic carbocycles. The molecule has 0 fully saturated rings. The van der Waals surface area contributed by atoms with Crippen molar-refractivity contribution < 1.29 is 18.3 Å². The van der Waals surface area contributed by atoms with Gasteiger partial charge in [-0.05, 0) is 49.0 Å². The highest BCUT2D eigenvalue weighted by molar-refractivity contribution is 8.00. The lowest BCUT2D eigenvalue weighted by Crippen LogP contribution is -2.38. The number of nitrogens with one attached hydrogen (secondary N) is 1. The normalized spacial score (nSPS) is 12.1. The van der Waals surface area contributed by atoms with Crippen LogP contribution in [0.4, 0.5) is 8.78 Å². The summed E-state index contributed by atoms with van der Waals surface area (Å²) in [5.41, 5.74) is 1.07. The zero-order valence-electron chi connectivity index (χ0n) is 16.4. The Hall–Kier alpha value is -2.12. The van der Waals surface area contributed by atoms with Gasteiger partial charge < -0.3 is 10.1 Å². The molecule has 2 rings (SSSR count). The minimum absolute atomic E-state index is 0.0160. The van der Waals surface area contributed by atoms with Gasteiger partial charge in [-0.15, -0.1) is 11.8 Å². The summed E-state index contributed by atoms with van der Waals surface area (Å²) in [6.07, 6.45) is 0. The number of carbonyl (C=O) groups is 1. The number of likely N-dealkylation sites (N-methyl/N-ethyl adjacent to an activating group) is 1. The zero-order valence-corrected chi connectivity index (χ0v) is 17.2. The van der Waals surface area contributed by atoms with Crippen molar-refractivity contribution in [2.75, 3.05) is 32.5 Å². The number of amides is 1. The second-order valence-electron chi connectivity index (χ2n) is 6.18. The van der Waals surface area contributed by atoms with Crippen molar-refractivity contribution in [3.63, 3.8) is 0 Å². The van der Waals surface area contributed by atoms with E-state index in [1.165, 1.54) is 17.8 Å². The molecule has 0 radical (unpaired) electrons. The fraction of sp³-hybridized carbons (Fsp3) is 0.381. The van der Waals surface area contributed by atoms with Crippen molar-refractivity contribution in [3.8, 4) is 5.75 Å². The van der Waals surface area contributed by atoms with Crippen molar-refractivity contribution in [2.24, 2.45) is 0 Å². The summed E-state index contributed by atoms with van der Waals surface area (Å²) >= 11 is 1.17. The summed E-state index contributed by atoms with van der Waals surface area (Å²) in [4.78, 5) is 15.1. The van der Waals surface area contributed by atoms with Gasteiger partial charge in [0, 0.05) is 11.4 Å². The van der Waals surface area contributed by atoms with E-state index in [0.717, 1.165) is 36.5 Å². The first kappa shape index (κ1) is 22.2. The number of ether oxygens (including phenoxy) is 1. The standard InChI is InChI=1S/C21H26F2N2O2S/c1-4-25(5-2)20(15-7-6-8-16(11-15)27-3)13-24-21(26)14-28-17-9-10-18(22)19(23)12-17/h6-12,20H,4-5,13-14H2,1-3H3,(H,24,26). The van der Waals surface area contributed by atoms with Crippen LogP contribution in [0, 0.1) is 11.6 Å². The Labute approximate surface area is 169 Å². The topological polar surface area (TPSA) is 41.6 Å². The van der Waals surface area contributed by atoms with Crippen molar-refractivity contribution in [1.82, 2.24) is 10.2 Å². The first-order valence-electron chi connectivity index (χ1n) is 9.21. The highest BCUT2D eigenvalue weighted by atomic mass is 32.2. The molecule has 0 spiro atoms. The molecule has 1 amide bonds. The van der Waals surface area contributed by atoms with Crippen LogP contribution < -0.4 is 10.1 Å². The number of halogens is 2. The maximum Gasteiger partial charge on any atom is 0.230 e. The fourth-order valence-electron chi connectivity index (χ4n) is 2.95. The fourth-order valence-corrected chi connectivity index (χ4v) is 3.70. The average molecular weight is 409 g/mol. The van der Waals surface area contributed by atoms with Crippen LogP contribution in [-0.4, -0.2) is 43.3 Å². The molecule has 0 aliphatic rings. The van der Waals surface area contributed by atoms with Crippen LogP contribution in [0.5, 0.6) is 5.75 Å². The van der Waals surface area contributed by atoms with Crippen molar-refractivity contribution in [1.29, 1.82) is 0 Å². The number of rotatable bonds is 10. The Morgan fingerprint density at radius 2 is 1.89 bits per heavy atom. The SMILES string of the molecule is CCN(CC)C(CNC(=O)CSc1ccc(F)c(F)c1)c1cccc(OC)c1. The first-order valence-corrected chi connectivity index (χ1v) is 10.2. The zero-order chi connectivity index (χ0) is 20.5. The molecule has 0 aromatic heterocycles. The smallest absolute Gasteiger partial charge is 0.230 e. The van der Waals surface area contributed by atoms with Gasteiger partial charge >= 0.3 is 0 Å². The van der Waals surface area contributed by atoms with Crippen molar-refractivity contribution in [2.45, 2.75) is 24.8 Å². The number of methoxy groups -OCH3 is 1. The van der Waals surface area contributed by atoms with Crippen LogP contribution in [0.1, 0.15) is 25.5 Å². The van der Waals surface area contributed by atoms with Crippen LogP contribution in [0.25, 0.3) is 0 Å². The summed E-state index contributed by atoms with van der Waals surface area (Å²) in [6.45, 7) is 6.30. The number of hydrogen-bond acceptors (Lipinski definition) is 4. The van der Waals surface area contributed by atoms with Gasteiger partial charge in [0.1, 0.15) is 5.75 Å².